The maximum absolute atomic E-state index is 12.8. The largest absolute Gasteiger partial charge is 0.330 e. The lowest BCUT2D eigenvalue weighted by atomic mass is 10.1. The molecule has 0 saturated heterocycles. The number of benzene rings is 1. The van der Waals surface area contributed by atoms with Gasteiger partial charge in [0.2, 0.25) is 0 Å². The number of rotatable bonds is 2. The van der Waals surface area contributed by atoms with E-state index in [1.165, 1.54) is 6.07 Å². The summed E-state index contributed by atoms with van der Waals surface area (Å²) >= 11 is 3.07. The SMILES string of the molecule is NCCc1ccc(Br)c(F)c1. The van der Waals surface area contributed by atoms with Gasteiger partial charge in [-0.2, -0.15) is 0 Å². The average molecular weight is 218 g/mol. The molecule has 0 bridgehead atoms. The fraction of sp³-hybridized carbons (Fsp3) is 0.250. The second kappa shape index (κ2) is 3.83. The van der Waals surface area contributed by atoms with Gasteiger partial charge in [0.25, 0.3) is 0 Å². The summed E-state index contributed by atoms with van der Waals surface area (Å²) in [7, 11) is 0. The molecule has 60 valence electrons. The van der Waals surface area contributed by atoms with Crippen LogP contribution in [0.4, 0.5) is 4.39 Å². The lowest BCUT2D eigenvalue weighted by molar-refractivity contribution is 0.618. The Morgan fingerprint density at radius 3 is 2.73 bits per heavy atom. The summed E-state index contributed by atoms with van der Waals surface area (Å²) < 4.78 is 13.3. The average Bonchev–Trinajstić information content (AvgIpc) is 1.98. The Morgan fingerprint density at radius 1 is 1.45 bits per heavy atom. The summed E-state index contributed by atoms with van der Waals surface area (Å²) in [5, 5.41) is 0. The third kappa shape index (κ3) is 2.27. The topological polar surface area (TPSA) is 26.0 Å². The maximum Gasteiger partial charge on any atom is 0.137 e. The highest BCUT2D eigenvalue weighted by Crippen LogP contribution is 2.16. The van der Waals surface area contributed by atoms with Crippen molar-refractivity contribution in [2.45, 2.75) is 6.42 Å². The molecule has 0 aromatic heterocycles. The van der Waals surface area contributed by atoms with E-state index < -0.39 is 0 Å². The van der Waals surface area contributed by atoms with Gasteiger partial charge < -0.3 is 5.73 Å². The standard InChI is InChI=1S/C8H9BrFN/c9-7-2-1-6(3-4-11)5-8(7)10/h1-2,5H,3-4,11H2. The molecule has 0 aliphatic carbocycles. The van der Waals surface area contributed by atoms with Crippen LogP contribution in [0.3, 0.4) is 0 Å². The Bertz CT molecular complexity index is 250. The van der Waals surface area contributed by atoms with Gasteiger partial charge in [-0.15, -0.1) is 0 Å². The fourth-order valence-electron chi connectivity index (χ4n) is 0.862. The van der Waals surface area contributed by atoms with Crippen LogP contribution in [0, 0.1) is 5.82 Å². The van der Waals surface area contributed by atoms with Crippen molar-refractivity contribution in [1.82, 2.24) is 0 Å². The van der Waals surface area contributed by atoms with Crippen molar-refractivity contribution in [2.24, 2.45) is 5.73 Å². The second-order valence-electron chi connectivity index (χ2n) is 2.29. The molecule has 0 aliphatic rings. The minimum Gasteiger partial charge on any atom is -0.330 e. The summed E-state index contributed by atoms with van der Waals surface area (Å²) in [6.07, 6.45) is 0.726. The molecule has 0 saturated carbocycles. The van der Waals surface area contributed by atoms with E-state index in [4.69, 9.17) is 5.73 Å². The van der Waals surface area contributed by atoms with Gasteiger partial charge in [-0.1, -0.05) is 6.07 Å². The molecule has 1 rings (SSSR count). The van der Waals surface area contributed by atoms with Crippen LogP contribution in [0.1, 0.15) is 5.56 Å². The number of hydrogen-bond acceptors (Lipinski definition) is 1. The van der Waals surface area contributed by atoms with E-state index in [1.807, 2.05) is 6.07 Å². The van der Waals surface area contributed by atoms with Crippen molar-refractivity contribution in [2.75, 3.05) is 6.54 Å². The van der Waals surface area contributed by atoms with Crippen molar-refractivity contribution in [3.63, 3.8) is 0 Å². The summed E-state index contributed by atoms with van der Waals surface area (Å²) in [6.45, 7) is 0.557. The van der Waals surface area contributed by atoms with Crippen molar-refractivity contribution in [3.8, 4) is 0 Å². The molecule has 0 spiro atoms. The summed E-state index contributed by atoms with van der Waals surface area (Å²) in [6, 6.07) is 5.05. The normalized spacial score (nSPS) is 10.1. The smallest absolute Gasteiger partial charge is 0.137 e. The summed E-state index contributed by atoms with van der Waals surface area (Å²) in [5.41, 5.74) is 6.25. The van der Waals surface area contributed by atoms with Crippen molar-refractivity contribution < 1.29 is 4.39 Å². The Morgan fingerprint density at radius 2 is 2.18 bits per heavy atom. The first-order valence-corrected chi connectivity index (χ1v) is 4.17. The van der Waals surface area contributed by atoms with E-state index in [0.29, 0.717) is 11.0 Å². The molecule has 1 aromatic carbocycles. The van der Waals surface area contributed by atoms with Crippen molar-refractivity contribution in [1.29, 1.82) is 0 Å². The first kappa shape index (κ1) is 8.68. The van der Waals surface area contributed by atoms with Crippen molar-refractivity contribution in [3.05, 3.63) is 34.1 Å². The first-order valence-electron chi connectivity index (χ1n) is 3.38. The first-order chi connectivity index (χ1) is 5.24. The van der Waals surface area contributed by atoms with Gasteiger partial charge in [0.1, 0.15) is 5.82 Å². The van der Waals surface area contributed by atoms with Gasteiger partial charge in [0.05, 0.1) is 4.47 Å². The van der Waals surface area contributed by atoms with Crippen LogP contribution in [0.2, 0.25) is 0 Å². The zero-order valence-electron chi connectivity index (χ0n) is 5.98. The van der Waals surface area contributed by atoms with E-state index in [-0.39, 0.29) is 5.82 Å². The Kier molecular flexibility index (Phi) is 3.02. The maximum atomic E-state index is 12.8. The molecule has 0 unspecified atom stereocenters. The van der Waals surface area contributed by atoms with Crippen LogP contribution >= 0.6 is 15.9 Å². The monoisotopic (exact) mass is 217 g/mol. The van der Waals surface area contributed by atoms with E-state index in [0.717, 1.165) is 12.0 Å². The molecule has 2 N–H and O–H groups in total. The summed E-state index contributed by atoms with van der Waals surface area (Å²) in [5.74, 6) is -0.226. The molecule has 0 heterocycles. The molecule has 0 fully saturated rings. The van der Waals surface area contributed by atoms with Gasteiger partial charge in [0, 0.05) is 0 Å². The third-order valence-electron chi connectivity index (χ3n) is 1.42. The second-order valence-corrected chi connectivity index (χ2v) is 3.14. The zero-order chi connectivity index (χ0) is 8.27. The number of halogens is 2. The minimum atomic E-state index is -0.226. The van der Waals surface area contributed by atoms with Crippen LogP contribution in [0.15, 0.2) is 22.7 Å². The predicted molar refractivity (Wildman–Crippen MR) is 46.9 cm³/mol. The van der Waals surface area contributed by atoms with Crippen LogP contribution in [0.5, 0.6) is 0 Å². The van der Waals surface area contributed by atoms with Crippen LogP contribution < -0.4 is 5.73 Å². The van der Waals surface area contributed by atoms with E-state index in [2.05, 4.69) is 15.9 Å². The van der Waals surface area contributed by atoms with Crippen LogP contribution in [-0.2, 0) is 6.42 Å². The van der Waals surface area contributed by atoms with Crippen molar-refractivity contribution >= 4 is 15.9 Å². The molecule has 1 aromatic rings. The van der Waals surface area contributed by atoms with E-state index in [1.54, 1.807) is 6.07 Å². The van der Waals surface area contributed by atoms with E-state index in [9.17, 15) is 4.39 Å². The molecular formula is C8H9BrFN. The zero-order valence-corrected chi connectivity index (χ0v) is 7.57. The van der Waals surface area contributed by atoms with Gasteiger partial charge >= 0.3 is 0 Å². The van der Waals surface area contributed by atoms with Gasteiger partial charge in [-0.25, -0.2) is 4.39 Å². The fourth-order valence-corrected chi connectivity index (χ4v) is 1.11. The van der Waals surface area contributed by atoms with Gasteiger partial charge in [-0.3, -0.25) is 0 Å². The quantitative estimate of drug-likeness (QED) is 0.807. The highest BCUT2D eigenvalue weighted by molar-refractivity contribution is 9.10. The molecule has 0 aliphatic heterocycles. The third-order valence-corrected chi connectivity index (χ3v) is 2.06. The molecule has 0 atom stereocenters. The van der Waals surface area contributed by atoms with Gasteiger partial charge in [0.15, 0.2) is 0 Å². The highest BCUT2D eigenvalue weighted by Gasteiger charge is 1.98. The molecule has 3 heteroatoms. The van der Waals surface area contributed by atoms with Crippen LogP contribution in [-0.4, -0.2) is 6.54 Å². The van der Waals surface area contributed by atoms with Gasteiger partial charge in [-0.05, 0) is 46.6 Å². The summed E-state index contributed by atoms with van der Waals surface area (Å²) in [4.78, 5) is 0. The lowest BCUT2D eigenvalue weighted by Crippen LogP contribution is -2.02. The van der Waals surface area contributed by atoms with E-state index >= 15 is 0 Å². The molecule has 11 heavy (non-hydrogen) atoms. The number of hydrogen-bond donors (Lipinski definition) is 1. The molecule has 0 radical (unpaired) electrons. The Hall–Kier alpha value is -0.410. The van der Waals surface area contributed by atoms with Crippen LogP contribution in [0.25, 0.3) is 0 Å². The lowest BCUT2D eigenvalue weighted by Gasteiger charge is -1.99. The molecule has 1 nitrogen and oxygen atoms in total. The highest BCUT2D eigenvalue weighted by atomic mass is 79.9. The number of nitrogens with two attached hydrogens (primary N) is 1. The predicted octanol–water partition coefficient (Wildman–Crippen LogP) is 2.09. The Labute approximate surface area is 73.5 Å². The molecule has 0 amide bonds. The Balaban J connectivity index is 2.86. The minimum absolute atomic E-state index is 0.226. The molecular weight excluding hydrogens is 209 g/mol.